The van der Waals surface area contributed by atoms with E-state index in [1.165, 1.54) is 0 Å². The van der Waals surface area contributed by atoms with Crippen LogP contribution in [0.3, 0.4) is 0 Å². The summed E-state index contributed by atoms with van der Waals surface area (Å²) < 4.78 is 0. The average molecular weight is 289 g/mol. The van der Waals surface area contributed by atoms with Crippen LogP contribution < -0.4 is 5.32 Å². The van der Waals surface area contributed by atoms with E-state index in [0.29, 0.717) is 6.04 Å². The van der Waals surface area contributed by atoms with Crippen LogP contribution in [0.25, 0.3) is 0 Å². The predicted octanol–water partition coefficient (Wildman–Crippen LogP) is 2.69. The van der Waals surface area contributed by atoms with Gasteiger partial charge in [-0.3, -0.25) is 9.78 Å². The summed E-state index contributed by atoms with van der Waals surface area (Å²) in [6.07, 6.45) is 3.77. The Balaban J connectivity index is 1.86. The summed E-state index contributed by atoms with van der Waals surface area (Å²) in [4.78, 5) is 19.1. The summed E-state index contributed by atoms with van der Waals surface area (Å²) in [6, 6.07) is 4.62. The first-order valence-electron chi connectivity index (χ1n) is 7.94. The number of nitrogens with zero attached hydrogens (tertiary/aromatic N) is 2. The maximum Gasteiger partial charge on any atom is 0.223 e. The zero-order chi connectivity index (χ0) is 15.4. The quantitative estimate of drug-likeness (QED) is 0.927. The van der Waals surface area contributed by atoms with E-state index < -0.39 is 0 Å². The number of aryl methyl sites for hydroxylation is 1. The van der Waals surface area contributed by atoms with E-state index in [9.17, 15) is 4.79 Å². The molecule has 1 aromatic heterocycles. The van der Waals surface area contributed by atoms with Gasteiger partial charge in [-0.25, -0.2) is 0 Å². The van der Waals surface area contributed by atoms with Gasteiger partial charge in [0.25, 0.3) is 0 Å². The molecule has 4 nitrogen and oxygen atoms in total. The van der Waals surface area contributed by atoms with Crippen LogP contribution in [0, 0.1) is 12.8 Å². The highest BCUT2D eigenvalue weighted by atomic mass is 16.1. The lowest BCUT2D eigenvalue weighted by atomic mass is 9.94. The molecule has 2 rings (SSSR count). The Bertz CT molecular complexity index is 461. The lowest BCUT2D eigenvalue weighted by Gasteiger charge is -2.34. The molecule has 0 unspecified atom stereocenters. The van der Waals surface area contributed by atoms with Crippen LogP contribution in [-0.2, 0) is 4.79 Å². The summed E-state index contributed by atoms with van der Waals surface area (Å²) in [5, 5.41) is 3.13. The van der Waals surface area contributed by atoms with E-state index >= 15 is 0 Å². The van der Waals surface area contributed by atoms with Crippen molar-refractivity contribution in [2.24, 2.45) is 5.92 Å². The van der Waals surface area contributed by atoms with Gasteiger partial charge < -0.3 is 10.2 Å². The lowest BCUT2D eigenvalue weighted by molar-refractivity contribution is -0.127. The predicted molar refractivity (Wildman–Crippen MR) is 85.0 cm³/mol. The first kappa shape index (κ1) is 16.0. The molecule has 0 aliphatic carbocycles. The Morgan fingerprint density at radius 3 is 2.48 bits per heavy atom. The molecule has 1 aromatic rings. The number of aromatic nitrogens is 1. The Kier molecular flexibility index (Phi) is 5.34. The van der Waals surface area contributed by atoms with Crippen molar-refractivity contribution in [1.82, 2.24) is 15.2 Å². The van der Waals surface area contributed by atoms with Crippen molar-refractivity contribution in [2.45, 2.75) is 52.6 Å². The molecule has 1 saturated heterocycles. The summed E-state index contributed by atoms with van der Waals surface area (Å²) in [5.41, 5.74) is 2.06. The molecule has 0 radical (unpaired) electrons. The molecule has 1 amide bonds. The van der Waals surface area contributed by atoms with Crippen molar-refractivity contribution in [3.05, 3.63) is 29.6 Å². The number of nitrogens with one attached hydrogen (secondary N) is 1. The van der Waals surface area contributed by atoms with Crippen LogP contribution in [0.4, 0.5) is 0 Å². The van der Waals surface area contributed by atoms with Gasteiger partial charge in [0.1, 0.15) is 0 Å². The second-order valence-corrected chi connectivity index (χ2v) is 6.37. The minimum absolute atomic E-state index is 0.0220. The van der Waals surface area contributed by atoms with Crippen LogP contribution in [-0.4, -0.2) is 34.9 Å². The fourth-order valence-corrected chi connectivity index (χ4v) is 2.83. The minimum atomic E-state index is 0.0220. The normalized spacial score (nSPS) is 18.7. The Morgan fingerprint density at radius 1 is 1.29 bits per heavy atom. The molecule has 1 fully saturated rings. The molecule has 0 saturated carbocycles. The summed E-state index contributed by atoms with van der Waals surface area (Å²) in [5.74, 6) is 0.340. The fourth-order valence-electron chi connectivity index (χ4n) is 2.83. The third-order valence-corrected chi connectivity index (χ3v) is 4.42. The minimum Gasteiger partial charge on any atom is -0.349 e. The van der Waals surface area contributed by atoms with Crippen molar-refractivity contribution < 1.29 is 4.79 Å². The Hall–Kier alpha value is -1.42. The smallest absolute Gasteiger partial charge is 0.223 e. The SMILES string of the molecule is Cc1ccc([C@@H](C)NC(=O)C2CCN(C(C)C)CC2)cn1. The molecule has 21 heavy (non-hydrogen) atoms. The van der Waals surface area contributed by atoms with Gasteiger partial charge in [0, 0.05) is 23.9 Å². The molecular formula is C17H27N3O. The standard InChI is InChI=1S/C17H27N3O/c1-12(2)20-9-7-15(8-10-20)17(21)19-14(4)16-6-5-13(3)18-11-16/h5-6,11-12,14-15H,7-10H2,1-4H3,(H,19,21)/t14-/m1/s1. The van der Waals surface area contributed by atoms with E-state index in [-0.39, 0.29) is 17.9 Å². The van der Waals surface area contributed by atoms with Crippen molar-refractivity contribution in [2.75, 3.05) is 13.1 Å². The van der Waals surface area contributed by atoms with Gasteiger partial charge in [-0.05, 0) is 65.3 Å². The highest BCUT2D eigenvalue weighted by molar-refractivity contribution is 5.79. The maximum absolute atomic E-state index is 12.4. The number of amides is 1. The molecule has 2 heterocycles. The van der Waals surface area contributed by atoms with Crippen molar-refractivity contribution in [3.63, 3.8) is 0 Å². The van der Waals surface area contributed by atoms with Gasteiger partial charge in [0.05, 0.1) is 6.04 Å². The van der Waals surface area contributed by atoms with Crippen LogP contribution in [0.5, 0.6) is 0 Å². The van der Waals surface area contributed by atoms with Crippen LogP contribution in [0.1, 0.15) is 50.9 Å². The maximum atomic E-state index is 12.4. The second-order valence-electron chi connectivity index (χ2n) is 6.37. The largest absolute Gasteiger partial charge is 0.349 e. The topological polar surface area (TPSA) is 45.2 Å². The molecule has 1 aliphatic rings. The number of piperidine rings is 1. The molecule has 0 bridgehead atoms. The number of hydrogen-bond acceptors (Lipinski definition) is 3. The highest BCUT2D eigenvalue weighted by Crippen LogP contribution is 2.20. The average Bonchev–Trinajstić information content (AvgIpc) is 2.47. The monoisotopic (exact) mass is 289 g/mol. The molecular weight excluding hydrogens is 262 g/mol. The Morgan fingerprint density at radius 2 is 1.95 bits per heavy atom. The molecule has 0 spiro atoms. The fraction of sp³-hybridized carbons (Fsp3) is 0.647. The van der Waals surface area contributed by atoms with Crippen LogP contribution in [0.15, 0.2) is 18.3 Å². The first-order chi connectivity index (χ1) is 9.97. The lowest BCUT2D eigenvalue weighted by Crippen LogP contribution is -2.43. The number of likely N-dealkylation sites (tertiary alicyclic amines) is 1. The van der Waals surface area contributed by atoms with E-state index in [2.05, 4.69) is 29.0 Å². The summed E-state index contributed by atoms with van der Waals surface area (Å²) >= 11 is 0. The number of hydrogen-bond donors (Lipinski definition) is 1. The summed E-state index contributed by atoms with van der Waals surface area (Å²) in [6.45, 7) is 10.5. The van der Waals surface area contributed by atoms with Gasteiger partial charge >= 0.3 is 0 Å². The van der Waals surface area contributed by atoms with Gasteiger partial charge in [-0.2, -0.15) is 0 Å². The number of carbonyl (C=O) groups is 1. The van der Waals surface area contributed by atoms with Crippen LogP contribution in [0.2, 0.25) is 0 Å². The summed E-state index contributed by atoms with van der Waals surface area (Å²) in [7, 11) is 0. The van der Waals surface area contributed by atoms with Gasteiger partial charge in [0.2, 0.25) is 5.91 Å². The van der Waals surface area contributed by atoms with Crippen LogP contribution >= 0.6 is 0 Å². The number of carbonyl (C=O) groups excluding carboxylic acids is 1. The Labute approximate surface area is 127 Å². The van der Waals surface area contributed by atoms with Crippen molar-refractivity contribution >= 4 is 5.91 Å². The molecule has 0 aromatic carbocycles. The first-order valence-corrected chi connectivity index (χ1v) is 7.94. The van der Waals surface area contributed by atoms with Crippen molar-refractivity contribution in [3.8, 4) is 0 Å². The highest BCUT2D eigenvalue weighted by Gasteiger charge is 2.26. The van der Waals surface area contributed by atoms with Gasteiger partial charge in [-0.15, -0.1) is 0 Å². The zero-order valence-corrected chi connectivity index (χ0v) is 13.6. The third kappa shape index (κ3) is 4.27. The third-order valence-electron chi connectivity index (χ3n) is 4.42. The van der Waals surface area contributed by atoms with Gasteiger partial charge in [0.15, 0.2) is 0 Å². The van der Waals surface area contributed by atoms with E-state index in [1.807, 2.05) is 32.2 Å². The molecule has 1 atom stereocenters. The van der Waals surface area contributed by atoms with E-state index in [4.69, 9.17) is 0 Å². The molecule has 116 valence electrons. The van der Waals surface area contributed by atoms with E-state index in [0.717, 1.165) is 37.2 Å². The van der Waals surface area contributed by atoms with Gasteiger partial charge in [-0.1, -0.05) is 6.07 Å². The second kappa shape index (κ2) is 7.03. The van der Waals surface area contributed by atoms with Crippen molar-refractivity contribution in [1.29, 1.82) is 0 Å². The number of rotatable bonds is 4. The molecule has 1 N–H and O–H groups in total. The van der Waals surface area contributed by atoms with E-state index in [1.54, 1.807) is 0 Å². The zero-order valence-electron chi connectivity index (χ0n) is 13.6. The molecule has 4 heteroatoms. The number of pyridine rings is 1. The molecule has 1 aliphatic heterocycles.